The number of benzene rings is 1. The summed E-state index contributed by atoms with van der Waals surface area (Å²) >= 11 is -1.78. The normalized spacial score (nSPS) is 11.3. The molecule has 0 aliphatic heterocycles. The molecule has 0 amide bonds. The van der Waals surface area contributed by atoms with Crippen LogP contribution in [-0.4, -0.2) is 24.3 Å². The van der Waals surface area contributed by atoms with Crippen LogP contribution < -0.4 is 0 Å². The van der Waals surface area contributed by atoms with Gasteiger partial charge in [0.15, 0.2) is 0 Å². The van der Waals surface area contributed by atoms with Crippen molar-refractivity contribution in [2.45, 2.75) is 102 Å². The van der Waals surface area contributed by atoms with Crippen molar-refractivity contribution in [2.24, 2.45) is 0 Å². The maximum absolute atomic E-state index is 2.48. The van der Waals surface area contributed by atoms with Gasteiger partial charge in [-0.1, -0.05) is 0 Å². The second-order valence-corrected chi connectivity index (χ2v) is 21.0. The fraction of sp³-hybridized carbons (Fsp3) is 0.739. The Hall–Kier alpha value is -0.00182. The van der Waals surface area contributed by atoms with Crippen LogP contribution in [0, 0.1) is 0 Å². The molecule has 0 unspecified atom stereocenters. The van der Waals surface area contributed by atoms with Crippen molar-refractivity contribution in [1.29, 1.82) is 0 Å². The minimum absolute atomic E-state index is 0. The average molecular weight is 457 g/mol. The summed E-state index contributed by atoms with van der Waals surface area (Å²) < 4.78 is 6.10. The summed E-state index contributed by atoms with van der Waals surface area (Å²) in [7, 11) is 0. The summed E-state index contributed by atoms with van der Waals surface area (Å²) in [5.74, 6) is 0. The van der Waals surface area contributed by atoms with Crippen LogP contribution >= 0.6 is 0 Å². The van der Waals surface area contributed by atoms with Crippen molar-refractivity contribution >= 4 is 18.8 Å². The predicted molar refractivity (Wildman–Crippen MR) is 115 cm³/mol. The average Bonchev–Trinajstić information content (AvgIpc) is 2.63. The van der Waals surface area contributed by atoms with Crippen LogP contribution in [0.4, 0.5) is 0 Å². The minimum Gasteiger partial charge on any atom is -0.870 e. The van der Waals surface area contributed by atoms with Crippen LogP contribution in [-0.2, 0) is 4.37 Å². The molecule has 0 saturated heterocycles. The van der Waals surface area contributed by atoms with Gasteiger partial charge in [0.2, 0.25) is 0 Å². The quantitative estimate of drug-likeness (QED) is 0.194. The molecule has 0 spiro atoms. The summed E-state index contributed by atoms with van der Waals surface area (Å²) in [4.78, 5) is 0. The maximum atomic E-state index is 2.48. The third kappa shape index (κ3) is 11.3. The Morgan fingerprint density at radius 1 is 0.640 bits per heavy atom. The van der Waals surface area contributed by atoms with E-state index < -0.39 is 18.8 Å². The Morgan fingerprint density at radius 2 is 1.12 bits per heavy atom. The molecule has 0 aliphatic carbocycles. The molecule has 0 aromatic heterocycles. The van der Waals surface area contributed by atoms with Gasteiger partial charge >= 0.3 is 157 Å². The first kappa shape index (κ1) is 25.0. The molecule has 2 heteroatoms. The molecule has 0 atom stereocenters. The Labute approximate surface area is 162 Å². The molecule has 0 heterocycles. The van der Waals surface area contributed by atoms with Gasteiger partial charge in [-0.2, -0.15) is 0 Å². The topological polar surface area (TPSA) is 30.0 Å². The Kier molecular flexibility index (Phi) is 16.2. The van der Waals surface area contributed by atoms with Gasteiger partial charge in [-0.05, 0) is 0 Å². The molecule has 1 aromatic carbocycles. The van der Waals surface area contributed by atoms with E-state index in [1.807, 2.05) is 0 Å². The van der Waals surface area contributed by atoms with Crippen molar-refractivity contribution in [1.82, 2.24) is 0 Å². The van der Waals surface area contributed by atoms with Gasteiger partial charge in [0.1, 0.15) is 0 Å². The Balaban J connectivity index is 0.00000576. The molecular weight excluding hydrogens is 414 g/mol. The van der Waals surface area contributed by atoms with Gasteiger partial charge in [-0.25, -0.2) is 0 Å². The first-order valence-electron chi connectivity index (χ1n) is 10.7. The zero-order valence-corrected chi connectivity index (χ0v) is 19.7. The maximum Gasteiger partial charge on any atom is -0.870 e. The summed E-state index contributed by atoms with van der Waals surface area (Å²) in [6.07, 6.45) is 14.6. The van der Waals surface area contributed by atoms with Crippen LogP contribution in [0.3, 0.4) is 0 Å². The molecule has 0 bridgehead atoms. The van der Waals surface area contributed by atoms with Crippen molar-refractivity contribution in [2.75, 3.05) is 0 Å². The number of hydrogen-bond donors (Lipinski definition) is 0. The fourth-order valence-electron chi connectivity index (χ4n) is 3.75. The molecule has 1 nitrogen and oxygen atoms in total. The van der Waals surface area contributed by atoms with Gasteiger partial charge in [0.05, 0.1) is 0 Å². The molecule has 0 aliphatic rings. The number of unbranched alkanes of at least 4 members (excludes halogenated alkanes) is 9. The van der Waals surface area contributed by atoms with Crippen molar-refractivity contribution in [3.63, 3.8) is 0 Å². The summed E-state index contributed by atoms with van der Waals surface area (Å²) in [6, 6.07) is 11.3. The fourth-order valence-corrected chi connectivity index (χ4v) is 13.9. The van der Waals surface area contributed by atoms with E-state index in [9.17, 15) is 0 Å². The summed E-state index contributed by atoms with van der Waals surface area (Å²) in [5, 5.41) is 0. The summed E-state index contributed by atoms with van der Waals surface area (Å²) in [5.41, 5.74) is 1.61. The number of rotatable bonds is 15. The van der Waals surface area contributed by atoms with Crippen molar-refractivity contribution in [3.8, 4) is 0 Å². The van der Waals surface area contributed by atoms with Crippen LogP contribution in [0.15, 0.2) is 30.3 Å². The van der Waals surface area contributed by atoms with E-state index in [1.54, 1.807) is 9.93 Å². The standard InChI is InChI=1S/C12H25.C7H7.2C2H5.H2O.Sb/c1-3-5-7-9-11-12-10-8-6-4-2;1-7-5-3-2-4-6-7;2*1-2;;/h1,3-12H2,2H3;2-6H,1H2;2*1H2,2H3;1H2;/q;;;;;+1/p-1. The first-order chi connectivity index (χ1) is 11.8. The van der Waals surface area contributed by atoms with E-state index in [4.69, 9.17) is 0 Å². The molecule has 0 fully saturated rings. The SMILES string of the molecule is CCCCCCCCCCC[CH2][Sb+]([CH2]C)([CH2]C)[CH2]c1ccccc1.[OH-]. The third-order valence-corrected chi connectivity index (χ3v) is 19.9. The van der Waals surface area contributed by atoms with Gasteiger partial charge in [-0.15, -0.1) is 0 Å². The second-order valence-electron chi connectivity index (χ2n) is 7.52. The van der Waals surface area contributed by atoms with Gasteiger partial charge in [0, 0.05) is 0 Å². The summed E-state index contributed by atoms with van der Waals surface area (Å²) in [6.45, 7) is 7.26. The molecule has 146 valence electrons. The minimum atomic E-state index is -1.78. The van der Waals surface area contributed by atoms with Crippen molar-refractivity contribution < 1.29 is 5.48 Å². The van der Waals surface area contributed by atoms with Crippen LogP contribution in [0.25, 0.3) is 0 Å². The van der Waals surface area contributed by atoms with E-state index in [1.165, 1.54) is 77.3 Å². The smallest absolute Gasteiger partial charge is 0.870 e. The molecule has 1 rings (SSSR count). The van der Waals surface area contributed by atoms with Crippen LogP contribution in [0.5, 0.6) is 0 Å². The molecule has 25 heavy (non-hydrogen) atoms. The van der Waals surface area contributed by atoms with Gasteiger partial charge in [-0.3, -0.25) is 0 Å². The monoisotopic (exact) mass is 456 g/mol. The van der Waals surface area contributed by atoms with Gasteiger partial charge < -0.3 is 5.48 Å². The predicted octanol–water partition coefficient (Wildman–Crippen LogP) is 8.00. The molecule has 1 N–H and O–H groups in total. The Bertz CT molecular complexity index is 386. The third-order valence-electron chi connectivity index (χ3n) is 5.69. The zero-order valence-electron chi connectivity index (χ0n) is 17.2. The molecule has 0 radical (unpaired) electrons. The van der Waals surface area contributed by atoms with E-state index in [0.29, 0.717) is 0 Å². The number of hydrogen-bond acceptors (Lipinski definition) is 1. The molecule has 0 saturated carbocycles. The van der Waals surface area contributed by atoms with E-state index in [0.717, 1.165) is 0 Å². The zero-order chi connectivity index (χ0) is 17.5. The largest absolute Gasteiger partial charge is 0.870 e. The first-order valence-corrected chi connectivity index (χ1v) is 17.9. The second kappa shape index (κ2) is 16.2. The van der Waals surface area contributed by atoms with E-state index >= 15 is 0 Å². The Morgan fingerprint density at radius 3 is 1.60 bits per heavy atom. The van der Waals surface area contributed by atoms with Gasteiger partial charge in [0.25, 0.3) is 0 Å². The van der Waals surface area contributed by atoms with Crippen LogP contribution in [0.1, 0.15) is 90.5 Å². The molecular formula is C23H43OSb. The van der Waals surface area contributed by atoms with E-state index in [-0.39, 0.29) is 5.48 Å². The van der Waals surface area contributed by atoms with Crippen LogP contribution in [0.2, 0.25) is 13.1 Å². The van der Waals surface area contributed by atoms with Crippen molar-refractivity contribution in [3.05, 3.63) is 35.9 Å². The molecule has 1 aromatic rings. The van der Waals surface area contributed by atoms with E-state index in [2.05, 4.69) is 51.1 Å².